The van der Waals surface area contributed by atoms with E-state index in [4.69, 9.17) is 9.84 Å². The van der Waals surface area contributed by atoms with Crippen molar-refractivity contribution in [1.29, 1.82) is 0 Å². The number of aryl methyl sites for hydroxylation is 1. The highest BCUT2D eigenvalue weighted by Crippen LogP contribution is 2.21. The smallest absolute Gasteiger partial charge is 0.319 e. The molecule has 1 rings (SSSR count). The SMILES string of the molecule is CCOc1ccc(NC(=O)NCC(C)CCO)cc1C. The van der Waals surface area contributed by atoms with Crippen LogP contribution in [0.4, 0.5) is 10.5 Å². The number of hydrogen-bond donors (Lipinski definition) is 3. The molecular weight excluding hydrogens is 256 g/mol. The molecule has 0 saturated heterocycles. The van der Waals surface area contributed by atoms with E-state index in [9.17, 15) is 4.79 Å². The average molecular weight is 280 g/mol. The number of amides is 2. The van der Waals surface area contributed by atoms with Gasteiger partial charge in [0.25, 0.3) is 0 Å². The zero-order chi connectivity index (χ0) is 15.0. The quantitative estimate of drug-likeness (QED) is 0.719. The number of aliphatic hydroxyl groups excluding tert-OH is 1. The Morgan fingerprint density at radius 2 is 2.20 bits per heavy atom. The predicted octanol–water partition coefficient (Wildman–Crippen LogP) is 2.53. The van der Waals surface area contributed by atoms with Crippen molar-refractivity contribution in [3.63, 3.8) is 0 Å². The highest BCUT2D eigenvalue weighted by atomic mass is 16.5. The second-order valence-corrected chi connectivity index (χ2v) is 4.87. The maximum atomic E-state index is 11.7. The Balaban J connectivity index is 2.47. The molecule has 1 atom stereocenters. The first kappa shape index (κ1) is 16.3. The highest BCUT2D eigenvalue weighted by Gasteiger charge is 2.06. The third-order valence-electron chi connectivity index (χ3n) is 2.97. The third-order valence-corrected chi connectivity index (χ3v) is 2.97. The Morgan fingerprint density at radius 1 is 1.45 bits per heavy atom. The predicted molar refractivity (Wildman–Crippen MR) is 80.2 cm³/mol. The lowest BCUT2D eigenvalue weighted by Crippen LogP contribution is -2.32. The van der Waals surface area contributed by atoms with Crippen LogP contribution in [0.5, 0.6) is 5.75 Å². The Bertz CT molecular complexity index is 435. The molecule has 112 valence electrons. The minimum Gasteiger partial charge on any atom is -0.494 e. The van der Waals surface area contributed by atoms with E-state index in [2.05, 4.69) is 10.6 Å². The number of hydrogen-bond acceptors (Lipinski definition) is 3. The molecule has 0 aromatic heterocycles. The Morgan fingerprint density at radius 3 is 2.80 bits per heavy atom. The molecule has 0 spiro atoms. The molecule has 0 aliphatic heterocycles. The largest absolute Gasteiger partial charge is 0.494 e. The number of aliphatic hydroxyl groups is 1. The molecule has 0 fully saturated rings. The maximum Gasteiger partial charge on any atom is 0.319 e. The van der Waals surface area contributed by atoms with Crippen LogP contribution in [-0.4, -0.2) is 30.9 Å². The van der Waals surface area contributed by atoms with Crippen LogP contribution in [0.25, 0.3) is 0 Å². The number of carbonyl (C=O) groups excluding carboxylic acids is 1. The standard InChI is InChI=1S/C15H24N2O3/c1-4-20-14-6-5-13(9-12(14)3)17-15(19)16-10-11(2)7-8-18/h5-6,9,11,18H,4,7-8,10H2,1-3H3,(H2,16,17,19). The first-order valence-corrected chi connectivity index (χ1v) is 6.96. The summed E-state index contributed by atoms with van der Waals surface area (Å²) in [7, 11) is 0. The molecule has 0 aliphatic carbocycles. The topological polar surface area (TPSA) is 70.6 Å². The lowest BCUT2D eigenvalue weighted by Gasteiger charge is -2.13. The van der Waals surface area contributed by atoms with E-state index in [1.165, 1.54) is 0 Å². The molecule has 0 heterocycles. The van der Waals surface area contributed by atoms with Gasteiger partial charge in [-0.05, 0) is 49.9 Å². The van der Waals surface area contributed by atoms with Crippen molar-refractivity contribution in [3.05, 3.63) is 23.8 Å². The van der Waals surface area contributed by atoms with Crippen molar-refractivity contribution < 1.29 is 14.6 Å². The average Bonchev–Trinajstić information content (AvgIpc) is 2.40. The number of carbonyl (C=O) groups is 1. The van der Waals surface area contributed by atoms with Crippen LogP contribution in [-0.2, 0) is 0 Å². The molecule has 1 aromatic rings. The van der Waals surface area contributed by atoms with Gasteiger partial charge in [-0.25, -0.2) is 4.79 Å². The van der Waals surface area contributed by atoms with E-state index in [1.54, 1.807) is 0 Å². The van der Waals surface area contributed by atoms with Crippen LogP contribution < -0.4 is 15.4 Å². The zero-order valence-corrected chi connectivity index (χ0v) is 12.4. The Labute approximate surface area is 120 Å². The summed E-state index contributed by atoms with van der Waals surface area (Å²) in [5, 5.41) is 14.4. The fourth-order valence-electron chi connectivity index (χ4n) is 1.81. The summed E-state index contributed by atoms with van der Waals surface area (Å²) in [5.74, 6) is 1.09. The number of anilines is 1. The van der Waals surface area contributed by atoms with Crippen LogP contribution in [0.2, 0.25) is 0 Å². The van der Waals surface area contributed by atoms with Crippen LogP contribution in [0.1, 0.15) is 25.8 Å². The van der Waals surface area contributed by atoms with E-state index in [0.29, 0.717) is 19.6 Å². The molecule has 0 saturated carbocycles. The van der Waals surface area contributed by atoms with Gasteiger partial charge in [0, 0.05) is 18.8 Å². The summed E-state index contributed by atoms with van der Waals surface area (Å²) < 4.78 is 5.45. The van der Waals surface area contributed by atoms with Gasteiger partial charge in [-0.3, -0.25) is 0 Å². The summed E-state index contributed by atoms with van der Waals surface area (Å²) in [6, 6.07) is 5.30. The highest BCUT2D eigenvalue weighted by molar-refractivity contribution is 5.89. The van der Waals surface area contributed by atoms with E-state index >= 15 is 0 Å². The van der Waals surface area contributed by atoms with Crippen molar-refractivity contribution in [2.45, 2.75) is 27.2 Å². The lowest BCUT2D eigenvalue weighted by molar-refractivity contribution is 0.243. The maximum absolute atomic E-state index is 11.7. The van der Waals surface area contributed by atoms with Gasteiger partial charge in [0.2, 0.25) is 0 Å². The molecule has 20 heavy (non-hydrogen) atoms. The summed E-state index contributed by atoms with van der Waals surface area (Å²) in [4.78, 5) is 11.7. The fourth-order valence-corrected chi connectivity index (χ4v) is 1.81. The van der Waals surface area contributed by atoms with E-state index in [1.807, 2.05) is 39.0 Å². The van der Waals surface area contributed by atoms with E-state index in [0.717, 1.165) is 17.0 Å². The molecule has 5 heteroatoms. The number of nitrogens with one attached hydrogen (secondary N) is 2. The van der Waals surface area contributed by atoms with Gasteiger partial charge in [0.15, 0.2) is 0 Å². The molecule has 1 aromatic carbocycles. The second-order valence-electron chi connectivity index (χ2n) is 4.87. The van der Waals surface area contributed by atoms with Gasteiger partial charge < -0.3 is 20.5 Å². The van der Waals surface area contributed by atoms with Gasteiger partial charge in [-0.15, -0.1) is 0 Å². The third kappa shape index (κ3) is 5.48. The van der Waals surface area contributed by atoms with Crippen molar-refractivity contribution in [2.75, 3.05) is 25.1 Å². The Kier molecular flexibility index (Phi) is 6.87. The first-order chi connectivity index (χ1) is 9.56. The molecule has 2 amide bonds. The number of benzene rings is 1. The molecule has 5 nitrogen and oxygen atoms in total. The van der Waals surface area contributed by atoms with E-state index < -0.39 is 0 Å². The van der Waals surface area contributed by atoms with Crippen LogP contribution >= 0.6 is 0 Å². The molecule has 0 radical (unpaired) electrons. The number of rotatable bonds is 7. The Hall–Kier alpha value is -1.75. The molecule has 1 unspecified atom stereocenters. The van der Waals surface area contributed by atoms with Crippen LogP contribution in [0.3, 0.4) is 0 Å². The van der Waals surface area contributed by atoms with Gasteiger partial charge >= 0.3 is 6.03 Å². The van der Waals surface area contributed by atoms with Crippen LogP contribution in [0, 0.1) is 12.8 Å². The van der Waals surface area contributed by atoms with Crippen LogP contribution in [0.15, 0.2) is 18.2 Å². The summed E-state index contributed by atoms with van der Waals surface area (Å²) in [6.45, 7) is 7.17. The monoisotopic (exact) mass is 280 g/mol. The van der Waals surface area contributed by atoms with Gasteiger partial charge in [0.1, 0.15) is 5.75 Å². The summed E-state index contributed by atoms with van der Waals surface area (Å²) >= 11 is 0. The lowest BCUT2D eigenvalue weighted by atomic mass is 10.1. The summed E-state index contributed by atoms with van der Waals surface area (Å²) in [6.07, 6.45) is 0.683. The molecule has 0 bridgehead atoms. The van der Waals surface area contributed by atoms with Crippen molar-refractivity contribution in [1.82, 2.24) is 5.32 Å². The van der Waals surface area contributed by atoms with Gasteiger partial charge in [-0.2, -0.15) is 0 Å². The summed E-state index contributed by atoms with van der Waals surface area (Å²) in [5.41, 5.74) is 1.72. The second kappa shape index (κ2) is 8.43. The van der Waals surface area contributed by atoms with Crippen molar-refractivity contribution in [2.24, 2.45) is 5.92 Å². The van der Waals surface area contributed by atoms with Gasteiger partial charge in [-0.1, -0.05) is 6.92 Å². The van der Waals surface area contributed by atoms with Gasteiger partial charge in [0.05, 0.1) is 6.61 Å². The minimum absolute atomic E-state index is 0.141. The zero-order valence-electron chi connectivity index (χ0n) is 12.4. The molecule has 0 aliphatic rings. The molecule has 3 N–H and O–H groups in total. The van der Waals surface area contributed by atoms with E-state index in [-0.39, 0.29) is 18.6 Å². The normalized spacial score (nSPS) is 11.8. The number of ether oxygens (including phenoxy) is 1. The number of urea groups is 1. The van der Waals surface area contributed by atoms with Crippen molar-refractivity contribution >= 4 is 11.7 Å². The first-order valence-electron chi connectivity index (χ1n) is 6.96. The fraction of sp³-hybridized carbons (Fsp3) is 0.533. The molecular formula is C15H24N2O3. The minimum atomic E-state index is -0.238. The van der Waals surface area contributed by atoms with Crippen molar-refractivity contribution in [3.8, 4) is 5.75 Å².